The standard InChI is InChI=1S/C76H54B2N2/c1-79(2)73-45-71(77(67-29-13-25-55-37-47-17-5-9-21-51(47)41-63(55)67)68-30-14-26-56-38-48-18-6-10-22-52(48)42-64(56)68)59-34-36-62-74(80(3)4)46-72(60-33-35-61(73)75(59)76(60)62)78(69-31-15-27-57-39-49-19-7-11-23-53(49)43-65(57)69)70-32-16-28-58-40-50-20-8-12-24-54(50)44-66(58)70/h5-46H,1-4H3. The second-order valence-electron chi connectivity index (χ2n) is 22.8. The Labute approximate surface area is 466 Å². The zero-order chi connectivity index (χ0) is 53.3. The van der Waals surface area contributed by atoms with Gasteiger partial charge in [-0.15, -0.1) is 0 Å². The molecule has 0 heterocycles. The highest BCUT2D eigenvalue weighted by Gasteiger charge is 2.33. The average molecular weight is 1020 g/mol. The molecule has 0 N–H and O–H groups in total. The van der Waals surface area contributed by atoms with Gasteiger partial charge < -0.3 is 9.80 Å². The van der Waals surface area contributed by atoms with Gasteiger partial charge in [0.1, 0.15) is 0 Å². The molecule has 0 aromatic heterocycles. The molecule has 16 rings (SSSR count). The maximum atomic E-state index is 2.53. The topological polar surface area (TPSA) is 6.48 Å². The molecule has 0 spiro atoms. The largest absolute Gasteiger partial charge is 0.377 e. The summed E-state index contributed by atoms with van der Waals surface area (Å²) in [6.45, 7) is -0.269. The molecular formula is C76H54B2N2. The molecule has 4 heteroatoms. The molecule has 80 heavy (non-hydrogen) atoms. The van der Waals surface area contributed by atoms with Gasteiger partial charge in [0.05, 0.1) is 0 Å². The van der Waals surface area contributed by atoms with E-state index in [9.17, 15) is 0 Å². The van der Waals surface area contributed by atoms with Crippen molar-refractivity contribution in [2.24, 2.45) is 0 Å². The molecule has 0 aliphatic rings. The zero-order valence-electron chi connectivity index (χ0n) is 45.3. The van der Waals surface area contributed by atoms with Gasteiger partial charge in [-0.2, -0.15) is 0 Å². The van der Waals surface area contributed by atoms with Gasteiger partial charge in [-0.1, -0.05) is 227 Å². The Kier molecular flexibility index (Phi) is 10.4. The van der Waals surface area contributed by atoms with E-state index in [0.717, 1.165) is 0 Å². The molecule has 0 fully saturated rings. The maximum Gasteiger partial charge on any atom is 0.243 e. The van der Waals surface area contributed by atoms with Crippen LogP contribution >= 0.6 is 0 Å². The van der Waals surface area contributed by atoms with Crippen LogP contribution in [0.3, 0.4) is 0 Å². The number of benzene rings is 16. The third-order valence-corrected chi connectivity index (χ3v) is 17.9. The summed E-state index contributed by atoms with van der Waals surface area (Å²) in [5.41, 5.74) is 10.2. The Morgan fingerprint density at radius 3 is 0.700 bits per heavy atom. The molecule has 0 unspecified atom stereocenters. The predicted octanol–water partition coefficient (Wildman–Crippen LogP) is 15.0. The molecule has 2 nitrogen and oxygen atoms in total. The summed E-state index contributed by atoms with van der Waals surface area (Å²) in [6.07, 6.45) is 0. The number of hydrogen-bond donors (Lipinski definition) is 0. The maximum absolute atomic E-state index is 2.53. The van der Waals surface area contributed by atoms with Crippen molar-refractivity contribution in [3.05, 3.63) is 255 Å². The van der Waals surface area contributed by atoms with Crippen LogP contribution in [0, 0.1) is 0 Å². The van der Waals surface area contributed by atoms with E-state index in [1.54, 1.807) is 0 Å². The molecule has 0 bridgehead atoms. The summed E-state index contributed by atoms with van der Waals surface area (Å²) in [4.78, 5) is 4.69. The Hall–Kier alpha value is -9.63. The third-order valence-electron chi connectivity index (χ3n) is 17.9. The van der Waals surface area contributed by atoms with Crippen molar-refractivity contribution in [2.45, 2.75) is 0 Å². The molecule has 16 aromatic carbocycles. The fourth-order valence-electron chi connectivity index (χ4n) is 14.2. The average Bonchev–Trinajstić information content (AvgIpc) is 3.55. The fourth-order valence-corrected chi connectivity index (χ4v) is 14.2. The predicted molar refractivity (Wildman–Crippen MR) is 354 cm³/mol. The van der Waals surface area contributed by atoms with Gasteiger partial charge in [-0.3, -0.25) is 0 Å². The lowest BCUT2D eigenvalue weighted by Crippen LogP contribution is -2.53. The van der Waals surface area contributed by atoms with E-state index < -0.39 is 0 Å². The second-order valence-corrected chi connectivity index (χ2v) is 22.8. The van der Waals surface area contributed by atoms with E-state index >= 15 is 0 Å². The van der Waals surface area contributed by atoms with Gasteiger partial charge in [0.25, 0.3) is 0 Å². The normalized spacial score (nSPS) is 12.0. The van der Waals surface area contributed by atoms with Crippen LogP contribution in [0.5, 0.6) is 0 Å². The number of fused-ring (bicyclic) bond motifs is 8. The lowest BCUT2D eigenvalue weighted by atomic mass is 9.34. The second kappa shape index (κ2) is 18.0. The molecule has 374 valence electrons. The molecule has 0 amide bonds. The van der Waals surface area contributed by atoms with E-state index in [0.29, 0.717) is 0 Å². The Morgan fingerprint density at radius 2 is 0.438 bits per heavy atom. The molecular weight excluding hydrogens is 962 g/mol. The van der Waals surface area contributed by atoms with Crippen molar-refractivity contribution >= 4 is 176 Å². The molecule has 16 aromatic rings. The summed E-state index contributed by atoms with van der Waals surface area (Å²) >= 11 is 0. The Morgan fingerprint density at radius 1 is 0.200 bits per heavy atom. The van der Waals surface area contributed by atoms with Crippen LogP contribution in [0.4, 0.5) is 11.4 Å². The van der Waals surface area contributed by atoms with E-state index in [1.807, 2.05) is 0 Å². The summed E-state index contributed by atoms with van der Waals surface area (Å²) in [7, 11) is 8.89. The summed E-state index contributed by atoms with van der Waals surface area (Å²) in [5, 5.41) is 27.8. The van der Waals surface area contributed by atoms with Gasteiger partial charge in [-0.05, 0) is 168 Å². The van der Waals surface area contributed by atoms with E-state index in [4.69, 9.17) is 0 Å². The van der Waals surface area contributed by atoms with Gasteiger partial charge in [0, 0.05) is 50.3 Å². The van der Waals surface area contributed by atoms with Crippen LogP contribution in [0.2, 0.25) is 0 Å². The number of hydrogen-bond acceptors (Lipinski definition) is 2. The van der Waals surface area contributed by atoms with Crippen LogP contribution in [-0.4, -0.2) is 41.6 Å². The van der Waals surface area contributed by atoms with Crippen molar-refractivity contribution in [2.75, 3.05) is 38.0 Å². The molecule has 0 atom stereocenters. The Bertz CT molecular complexity index is 4670. The Balaban J connectivity index is 1.05. The third kappa shape index (κ3) is 7.15. The number of anilines is 2. The minimum atomic E-state index is -0.135. The highest BCUT2D eigenvalue weighted by atomic mass is 15.1. The molecule has 0 saturated heterocycles. The molecule has 0 saturated carbocycles. The van der Waals surface area contributed by atoms with E-state index in [-0.39, 0.29) is 13.4 Å². The minimum absolute atomic E-state index is 0.135. The van der Waals surface area contributed by atoms with Gasteiger partial charge in [0.15, 0.2) is 0 Å². The van der Waals surface area contributed by atoms with Crippen molar-refractivity contribution in [1.29, 1.82) is 0 Å². The fraction of sp³-hybridized carbons (Fsp3) is 0.0526. The zero-order valence-corrected chi connectivity index (χ0v) is 45.3. The number of rotatable bonds is 8. The number of nitrogens with zero attached hydrogens (tertiary/aromatic N) is 2. The van der Waals surface area contributed by atoms with Gasteiger partial charge in [0.2, 0.25) is 13.4 Å². The monoisotopic (exact) mass is 1020 g/mol. The first-order chi connectivity index (χ1) is 39.3. The van der Waals surface area contributed by atoms with Crippen LogP contribution in [-0.2, 0) is 0 Å². The quantitative estimate of drug-likeness (QED) is 0.0850. The smallest absolute Gasteiger partial charge is 0.243 e. The summed E-state index contributed by atoms with van der Waals surface area (Å²) < 4.78 is 0. The van der Waals surface area contributed by atoms with Crippen LogP contribution < -0.4 is 42.6 Å². The van der Waals surface area contributed by atoms with Gasteiger partial charge >= 0.3 is 0 Å². The molecule has 0 aliphatic carbocycles. The van der Waals surface area contributed by atoms with Crippen molar-refractivity contribution in [3.8, 4) is 0 Å². The van der Waals surface area contributed by atoms with Gasteiger partial charge in [-0.25, -0.2) is 0 Å². The van der Waals surface area contributed by atoms with Crippen LogP contribution in [0.15, 0.2) is 255 Å². The molecule has 0 aliphatic heterocycles. The lowest BCUT2D eigenvalue weighted by molar-refractivity contribution is 1.14. The van der Waals surface area contributed by atoms with E-state index in [1.165, 1.54) is 163 Å². The first-order valence-electron chi connectivity index (χ1n) is 28.1. The lowest BCUT2D eigenvalue weighted by Gasteiger charge is -2.29. The molecule has 0 radical (unpaired) electrons. The van der Waals surface area contributed by atoms with Crippen molar-refractivity contribution in [3.63, 3.8) is 0 Å². The minimum Gasteiger partial charge on any atom is -0.377 e. The van der Waals surface area contributed by atoms with Crippen molar-refractivity contribution in [1.82, 2.24) is 0 Å². The van der Waals surface area contributed by atoms with Crippen LogP contribution in [0.25, 0.3) is 118 Å². The first kappa shape index (κ1) is 46.5. The van der Waals surface area contributed by atoms with Crippen LogP contribution in [0.1, 0.15) is 0 Å². The SMILES string of the molecule is CN(C)c1cc(B(c2cccc3cc4ccccc4cc23)c2cccc3cc4ccccc4cc23)c2ccc3c(N(C)C)cc(B(c4cccc5cc6ccccc6cc45)c4cccc5cc6ccccc6cc45)c4ccc1c2c43. The first-order valence-corrected chi connectivity index (χ1v) is 28.1. The summed E-state index contributed by atoms with van der Waals surface area (Å²) in [5.74, 6) is 0. The highest BCUT2D eigenvalue weighted by Crippen LogP contribution is 2.42. The van der Waals surface area contributed by atoms with E-state index in [2.05, 4.69) is 293 Å². The summed E-state index contributed by atoms with van der Waals surface area (Å²) in [6, 6.07) is 97.4. The highest BCUT2D eigenvalue weighted by molar-refractivity contribution is 7.00. The van der Waals surface area contributed by atoms with Crippen molar-refractivity contribution < 1.29 is 0 Å².